The van der Waals surface area contributed by atoms with E-state index < -0.39 is 0 Å². The number of carbonyl (C=O) groups is 2. The highest BCUT2D eigenvalue weighted by Gasteiger charge is 2.17. The fraction of sp³-hybridized carbons (Fsp3) is 0.600. The molecule has 1 aliphatic rings. The van der Waals surface area contributed by atoms with E-state index in [2.05, 4.69) is 11.4 Å². The summed E-state index contributed by atoms with van der Waals surface area (Å²) in [5, 5.41) is 3.37. The van der Waals surface area contributed by atoms with E-state index in [-0.39, 0.29) is 24.5 Å². The lowest BCUT2D eigenvalue weighted by Crippen LogP contribution is -2.36. The Bertz CT molecular complexity index is 595. The number of nitrogens with zero attached hydrogens (tertiary/aromatic N) is 1. The van der Waals surface area contributed by atoms with Crippen molar-refractivity contribution in [2.75, 3.05) is 53.6 Å². The number of rotatable bonds is 10. The van der Waals surface area contributed by atoms with E-state index in [0.29, 0.717) is 31.9 Å². The van der Waals surface area contributed by atoms with Crippen LogP contribution >= 0.6 is 0 Å². The zero-order valence-electron chi connectivity index (χ0n) is 15.9. The van der Waals surface area contributed by atoms with Gasteiger partial charge < -0.3 is 19.7 Å². The maximum absolute atomic E-state index is 12.5. The Morgan fingerprint density at radius 2 is 1.65 bits per heavy atom. The third-order valence-electron chi connectivity index (χ3n) is 4.72. The summed E-state index contributed by atoms with van der Waals surface area (Å²) in [5.41, 5.74) is 3.26. The number of carbonyl (C=O) groups excluding carboxylic acids is 2. The number of hydrogen-bond acceptors (Lipinski definition) is 5. The van der Waals surface area contributed by atoms with Crippen LogP contribution in [-0.2, 0) is 27.1 Å². The summed E-state index contributed by atoms with van der Waals surface area (Å²) in [6.07, 6.45) is 2.38. The van der Waals surface area contributed by atoms with Gasteiger partial charge in [0, 0.05) is 45.7 Å². The minimum Gasteiger partial charge on any atom is -0.383 e. The van der Waals surface area contributed by atoms with E-state index in [1.54, 1.807) is 19.1 Å². The summed E-state index contributed by atoms with van der Waals surface area (Å²) < 4.78 is 10.1. The lowest BCUT2D eigenvalue weighted by atomic mass is 9.97. The molecule has 2 rings (SSSR count). The number of amides is 1. The van der Waals surface area contributed by atoms with Crippen molar-refractivity contribution < 1.29 is 19.1 Å². The third kappa shape index (κ3) is 6.20. The van der Waals surface area contributed by atoms with Crippen LogP contribution in [0.15, 0.2) is 18.2 Å². The summed E-state index contributed by atoms with van der Waals surface area (Å²) in [4.78, 5) is 26.7. The minimum atomic E-state index is -0.0357. The Labute approximate surface area is 155 Å². The fourth-order valence-electron chi connectivity index (χ4n) is 3.13. The number of benzene rings is 1. The summed E-state index contributed by atoms with van der Waals surface area (Å²) in [5.74, 6) is -0.0109. The van der Waals surface area contributed by atoms with Gasteiger partial charge in [-0.05, 0) is 43.1 Å². The molecule has 0 aliphatic carbocycles. The number of fused-ring (bicyclic) bond motifs is 1. The first-order valence-electron chi connectivity index (χ1n) is 9.27. The topological polar surface area (TPSA) is 67.9 Å². The van der Waals surface area contributed by atoms with Crippen molar-refractivity contribution in [1.82, 2.24) is 10.2 Å². The number of methoxy groups -OCH3 is 2. The van der Waals surface area contributed by atoms with Crippen LogP contribution in [0.4, 0.5) is 0 Å². The highest BCUT2D eigenvalue weighted by atomic mass is 16.5. The van der Waals surface area contributed by atoms with Gasteiger partial charge in [-0.1, -0.05) is 12.1 Å². The normalized spacial score (nSPS) is 13.8. The summed E-state index contributed by atoms with van der Waals surface area (Å²) >= 11 is 0. The lowest BCUT2D eigenvalue weighted by Gasteiger charge is -2.22. The maximum Gasteiger partial charge on any atom is 0.223 e. The minimum absolute atomic E-state index is 0.0248. The van der Waals surface area contributed by atoms with Gasteiger partial charge in [-0.25, -0.2) is 0 Å². The highest BCUT2D eigenvalue weighted by molar-refractivity contribution is 5.98. The molecule has 0 unspecified atom stereocenters. The predicted molar refractivity (Wildman–Crippen MR) is 101 cm³/mol. The van der Waals surface area contributed by atoms with Crippen molar-refractivity contribution in [3.05, 3.63) is 34.9 Å². The molecule has 26 heavy (non-hydrogen) atoms. The first kappa shape index (κ1) is 20.6. The molecular weight excluding hydrogens is 332 g/mol. The van der Waals surface area contributed by atoms with Gasteiger partial charge in [0.15, 0.2) is 5.78 Å². The standard InChI is InChI=1S/C20H30N2O4/c1-25-13-11-22(12-14-26-2)20(24)6-5-19(23)18-4-3-16-7-9-21-10-8-17(16)15-18/h3-4,15,21H,5-14H2,1-2H3. The molecule has 0 aromatic heterocycles. The van der Waals surface area contributed by atoms with E-state index in [4.69, 9.17) is 9.47 Å². The molecule has 6 heteroatoms. The van der Waals surface area contributed by atoms with Crippen molar-refractivity contribution in [3.8, 4) is 0 Å². The molecule has 0 saturated carbocycles. The first-order valence-corrected chi connectivity index (χ1v) is 9.27. The second-order valence-corrected chi connectivity index (χ2v) is 6.52. The Balaban J connectivity index is 1.92. The van der Waals surface area contributed by atoms with Crippen molar-refractivity contribution in [1.29, 1.82) is 0 Å². The molecule has 0 saturated heterocycles. The molecule has 144 valence electrons. The van der Waals surface area contributed by atoms with Gasteiger partial charge >= 0.3 is 0 Å². The van der Waals surface area contributed by atoms with Gasteiger partial charge in [0.05, 0.1) is 13.2 Å². The maximum atomic E-state index is 12.5. The van der Waals surface area contributed by atoms with Crippen molar-refractivity contribution in [2.24, 2.45) is 0 Å². The quantitative estimate of drug-likeness (QED) is 0.638. The van der Waals surface area contributed by atoms with Gasteiger partial charge in [0.25, 0.3) is 0 Å². The van der Waals surface area contributed by atoms with Crippen LogP contribution in [0.5, 0.6) is 0 Å². The van der Waals surface area contributed by atoms with E-state index in [9.17, 15) is 9.59 Å². The van der Waals surface area contributed by atoms with Gasteiger partial charge in [0.2, 0.25) is 5.91 Å². The summed E-state index contributed by atoms with van der Waals surface area (Å²) in [7, 11) is 3.21. The first-order chi connectivity index (χ1) is 12.7. The Morgan fingerprint density at radius 1 is 1.00 bits per heavy atom. The molecule has 0 radical (unpaired) electrons. The number of Topliss-reactive ketones (excluding diaryl/α,β-unsaturated/α-hetero) is 1. The number of nitrogens with one attached hydrogen (secondary N) is 1. The zero-order chi connectivity index (χ0) is 18.8. The van der Waals surface area contributed by atoms with E-state index in [1.807, 2.05) is 12.1 Å². The van der Waals surface area contributed by atoms with E-state index >= 15 is 0 Å². The van der Waals surface area contributed by atoms with Crippen molar-refractivity contribution in [3.63, 3.8) is 0 Å². The molecule has 0 spiro atoms. The Morgan fingerprint density at radius 3 is 2.31 bits per heavy atom. The van der Waals surface area contributed by atoms with Crippen LogP contribution in [0.3, 0.4) is 0 Å². The molecule has 1 N–H and O–H groups in total. The second-order valence-electron chi connectivity index (χ2n) is 6.52. The monoisotopic (exact) mass is 362 g/mol. The predicted octanol–water partition coefficient (Wildman–Crippen LogP) is 1.46. The summed E-state index contributed by atoms with van der Waals surface area (Å²) in [6, 6.07) is 5.95. The number of ketones is 1. The highest BCUT2D eigenvalue weighted by Crippen LogP contribution is 2.17. The van der Waals surface area contributed by atoms with Crippen molar-refractivity contribution in [2.45, 2.75) is 25.7 Å². The van der Waals surface area contributed by atoms with Crippen LogP contribution in [0.2, 0.25) is 0 Å². The molecule has 1 aliphatic heterocycles. The SMILES string of the molecule is COCCN(CCOC)C(=O)CCC(=O)c1ccc2c(c1)CCNCC2. The molecule has 1 amide bonds. The largest absolute Gasteiger partial charge is 0.383 e. The smallest absolute Gasteiger partial charge is 0.223 e. The molecule has 0 fully saturated rings. The molecule has 1 aromatic carbocycles. The van der Waals surface area contributed by atoms with Crippen LogP contribution in [0, 0.1) is 0 Å². The van der Waals surface area contributed by atoms with Gasteiger partial charge in [-0.15, -0.1) is 0 Å². The Hall–Kier alpha value is -1.76. The van der Waals surface area contributed by atoms with Gasteiger partial charge in [-0.2, -0.15) is 0 Å². The second kappa shape index (κ2) is 11.1. The average molecular weight is 362 g/mol. The third-order valence-corrected chi connectivity index (χ3v) is 4.72. The molecule has 1 aromatic rings. The number of hydrogen-bond donors (Lipinski definition) is 1. The molecule has 0 atom stereocenters. The molecule has 1 heterocycles. The van der Waals surface area contributed by atoms with Crippen molar-refractivity contribution >= 4 is 11.7 Å². The van der Waals surface area contributed by atoms with Crippen LogP contribution in [-0.4, -0.2) is 70.2 Å². The van der Waals surface area contributed by atoms with Gasteiger partial charge in [0.1, 0.15) is 0 Å². The van der Waals surface area contributed by atoms with E-state index in [1.165, 1.54) is 11.1 Å². The van der Waals surface area contributed by atoms with Gasteiger partial charge in [-0.3, -0.25) is 9.59 Å². The van der Waals surface area contributed by atoms with Crippen LogP contribution in [0.1, 0.15) is 34.3 Å². The van der Waals surface area contributed by atoms with E-state index in [0.717, 1.165) is 25.9 Å². The summed E-state index contributed by atoms with van der Waals surface area (Å²) in [6.45, 7) is 3.90. The zero-order valence-corrected chi connectivity index (χ0v) is 15.9. The fourth-order valence-corrected chi connectivity index (χ4v) is 3.13. The molecule has 0 bridgehead atoms. The molecular formula is C20H30N2O4. The number of ether oxygens (including phenoxy) is 2. The lowest BCUT2D eigenvalue weighted by molar-refractivity contribution is -0.132. The average Bonchev–Trinajstić information content (AvgIpc) is 2.90. The van der Waals surface area contributed by atoms with Crippen LogP contribution in [0.25, 0.3) is 0 Å². The van der Waals surface area contributed by atoms with Crippen LogP contribution < -0.4 is 5.32 Å². The Kier molecular flexibility index (Phi) is 8.74. The molecule has 6 nitrogen and oxygen atoms in total.